The van der Waals surface area contributed by atoms with E-state index in [1.54, 1.807) is 13.8 Å². The molecule has 7 nitrogen and oxygen atoms in total. The molecule has 0 fully saturated rings. The molecule has 0 aromatic heterocycles. The van der Waals surface area contributed by atoms with Gasteiger partial charge >= 0.3 is 5.97 Å². The largest absolute Gasteiger partial charge is 0.465 e. The van der Waals surface area contributed by atoms with E-state index >= 15 is 0 Å². The van der Waals surface area contributed by atoms with Crippen LogP contribution in [0.15, 0.2) is 0 Å². The van der Waals surface area contributed by atoms with Crippen LogP contribution in [0.5, 0.6) is 0 Å². The molecule has 8 heteroatoms. The van der Waals surface area contributed by atoms with E-state index in [1.165, 1.54) is 0 Å². The van der Waals surface area contributed by atoms with Gasteiger partial charge < -0.3 is 10.5 Å². The van der Waals surface area contributed by atoms with E-state index in [2.05, 4.69) is 0 Å². The molecule has 0 spiro atoms. The molecule has 1 unspecified atom stereocenters. The number of hydrogen-bond acceptors (Lipinski definition) is 5. The number of hydrogen-bond donors (Lipinski definition) is 2. The molecule has 0 rings (SSSR count). The molecule has 20 heavy (non-hydrogen) atoms. The number of ether oxygens (including phenoxy) is 1. The van der Waals surface area contributed by atoms with Gasteiger partial charge in [0, 0.05) is 5.92 Å². The highest BCUT2D eigenvalue weighted by Gasteiger charge is 2.33. The van der Waals surface area contributed by atoms with Gasteiger partial charge in [-0.05, 0) is 33.1 Å². The first kappa shape index (κ1) is 18.9. The van der Waals surface area contributed by atoms with Crippen LogP contribution in [0.25, 0.3) is 0 Å². The number of amides is 1. The molecule has 0 aromatic rings. The van der Waals surface area contributed by atoms with Crippen molar-refractivity contribution in [3.05, 3.63) is 0 Å². The molecule has 0 saturated heterocycles. The molecule has 0 bridgehead atoms. The highest BCUT2D eigenvalue weighted by atomic mass is 32.2. The molecule has 0 aliphatic carbocycles. The monoisotopic (exact) mass is 309 g/mol. The second kappa shape index (κ2) is 7.58. The van der Waals surface area contributed by atoms with Crippen LogP contribution in [0, 0.1) is 11.3 Å². The third-order valence-electron chi connectivity index (χ3n) is 2.98. The zero-order valence-electron chi connectivity index (χ0n) is 12.1. The molecule has 3 N–H and O–H groups in total. The zero-order chi connectivity index (χ0) is 16.0. The fourth-order valence-electron chi connectivity index (χ4n) is 1.75. The predicted octanol–water partition coefficient (Wildman–Crippen LogP) is 0.735. The SMILES string of the molecule is CCC(CC(C)(C)C(=O)OCCCS(=O)(=O)O)C(N)=O. The van der Waals surface area contributed by atoms with Gasteiger partial charge in [-0.3, -0.25) is 14.1 Å². The number of carbonyl (C=O) groups is 2. The summed E-state index contributed by atoms with van der Waals surface area (Å²) >= 11 is 0. The maximum Gasteiger partial charge on any atom is 0.311 e. The van der Waals surface area contributed by atoms with Crippen molar-refractivity contribution < 1.29 is 27.3 Å². The van der Waals surface area contributed by atoms with Crippen LogP contribution in [0.1, 0.15) is 40.0 Å². The average Bonchev–Trinajstić information content (AvgIpc) is 2.29. The van der Waals surface area contributed by atoms with Crippen LogP contribution in [0.2, 0.25) is 0 Å². The normalized spacial score (nSPS) is 13.8. The lowest BCUT2D eigenvalue weighted by molar-refractivity contribution is -0.155. The number of primary amides is 1. The van der Waals surface area contributed by atoms with Gasteiger partial charge in [0.2, 0.25) is 5.91 Å². The second-order valence-corrected chi connectivity index (χ2v) is 6.94. The molecule has 0 aliphatic rings. The molecule has 1 amide bonds. The summed E-state index contributed by atoms with van der Waals surface area (Å²) in [5.41, 5.74) is 4.36. The molecule has 1 atom stereocenters. The predicted molar refractivity (Wildman–Crippen MR) is 73.4 cm³/mol. The van der Waals surface area contributed by atoms with Crippen LogP contribution < -0.4 is 5.73 Å². The van der Waals surface area contributed by atoms with Crippen LogP contribution >= 0.6 is 0 Å². The number of esters is 1. The van der Waals surface area contributed by atoms with Gasteiger partial charge in [-0.25, -0.2) is 0 Å². The molecule has 0 radical (unpaired) electrons. The van der Waals surface area contributed by atoms with Crippen LogP contribution in [0.4, 0.5) is 0 Å². The Balaban J connectivity index is 4.34. The lowest BCUT2D eigenvalue weighted by atomic mass is 9.81. The fraction of sp³-hybridized carbons (Fsp3) is 0.833. The second-order valence-electron chi connectivity index (χ2n) is 5.37. The van der Waals surface area contributed by atoms with Gasteiger partial charge in [0.15, 0.2) is 0 Å². The van der Waals surface area contributed by atoms with Gasteiger partial charge in [0.25, 0.3) is 10.1 Å². The van der Waals surface area contributed by atoms with Crippen molar-refractivity contribution in [2.24, 2.45) is 17.1 Å². The van der Waals surface area contributed by atoms with Crippen molar-refractivity contribution in [1.82, 2.24) is 0 Å². The lowest BCUT2D eigenvalue weighted by Gasteiger charge is -2.25. The third kappa shape index (κ3) is 7.44. The first-order chi connectivity index (χ1) is 8.99. The fourth-order valence-corrected chi connectivity index (χ4v) is 2.23. The summed E-state index contributed by atoms with van der Waals surface area (Å²) in [7, 11) is -4.04. The molecular formula is C12H23NO6S. The van der Waals surface area contributed by atoms with E-state index in [-0.39, 0.29) is 19.4 Å². The summed E-state index contributed by atoms with van der Waals surface area (Å²) in [5, 5.41) is 0. The summed E-state index contributed by atoms with van der Waals surface area (Å²) in [6.45, 7) is 4.99. The van der Waals surface area contributed by atoms with Crippen molar-refractivity contribution in [1.29, 1.82) is 0 Å². The Labute approximate surface area is 119 Å². The van der Waals surface area contributed by atoms with Gasteiger partial charge in [0.1, 0.15) is 0 Å². The number of nitrogens with two attached hydrogens (primary N) is 1. The average molecular weight is 309 g/mol. The maximum absolute atomic E-state index is 11.9. The smallest absolute Gasteiger partial charge is 0.311 e. The Morgan fingerprint density at radius 1 is 1.35 bits per heavy atom. The minimum atomic E-state index is -4.04. The summed E-state index contributed by atoms with van der Waals surface area (Å²) in [4.78, 5) is 23.1. The minimum absolute atomic E-state index is 0.0215. The van der Waals surface area contributed by atoms with Crippen molar-refractivity contribution >= 4 is 22.0 Å². The van der Waals surface area contributed by atoms with E-state index in [4.69, 9.17) is 15.0 Å². The highest BCUT2D eigenvalue weighted by Crippen LogP contribution is 2.28. The lowest BCUT2D eigenvalue weighted by Crippen LogP contribution is -2.34. The van der Waals surface area contributed by atoms with Gasteiger partial charge in [0.05, 0.1) is 17.8 Å². The number of rotatable bonds is 9. The van der Waals surface area contributed by atoms with E-state index in [9.17, 15) is 18.0 Å². The number of carbonyl (C=O) groups excluding carboxylic acids is 2. The van der Waals surface area contributed by atoms with E-state index in [0.717, 1.165) is 0 Å². The zero-order valence-corrected chi connectivity index (χ0v) is 12.9. The first-order valence-corrected chi connectivity index (χ1v) is 8.02. The Morgan fingerprint density at radius 3 is 2.30 bits per heavy atom. The van der Waals surface area contributed by atoms with Crippen LogP contribution in [-0.4, -0.2) is 37.2 Å². The Hall–Kier alpha value is -1.15. The summed E-state index contributed by atoms with van der Waals surface area (Å²) in [6, 6.07) is 0. The van der Waals surface area contributed by atoms with Gasteiger partial charge in [-0.1, -0.05) is 6.92 Å². The molecule has 0 aliphatic heterocycles. The van der Waals surface area contributed by atoms with E-state index < -0.39 is 39.1 Å². The molecule has 0 aromatic carbocycles. The van der Waals surface area contributed by atoms with Crippen LogP contribution in [0.3, 0.4) is 0 Å². The molecule has 118 valence electrons. The molecule has 0 heterocycles. The third-order valence-corrected chi connectivity index (χ3v) is 3.79. The minimum Gasteiger partial charge on any atom is -0.465 e. The Morgan fingerprint density at radius 2 is 1.90 bits per heavy atom. The first-order valence-electron chi connectivity index (χ1n) is 6.41. The quantitative estimate of drug-likeness (QED) is 0.368. The topological polar surface area (TPSA) is 124 Å². The molecule has 0 saturated carbocycles. The van der Waals surface area contributed by atoms with Crippen LogP contribution in [-0.2, 0) is 24.4 Å². The Bertz CT molecular complexity index is 443. The highest BCUT2D eigenvalue weighted by molar-refractivity contribution is 7.85. The van der Waals surface area contributed by atoms with E-state index in [0.29, 0.717) is 6.42 Å². The van der Waals surface area contributed by atoms with Crippen molar-refractivity contribution in [3.63, 3.8) is 0 Å². The molecular weight excluding hydrogens is 286 g/mol. The maximum atomic E-state index is 11.9. The van der Waals surface area contributed by atoms with Crippen molar-refractivity contribution in [2.75, 3.05) is 12.4 Å². The van der Waals surface area contributed by atoms with Gasteiger partial charge in [-0.2, -0.15) is 8.42 Å². The van der Waals surface area contributed by atoms with E-state index in [1.807, 2.05) is 6.92 Å². The summed E-state index contributed by atoms with van der Waals surface area (Å²) in [6.07, 6.45) is 0.832. The van der Waals surface area contributed by atoms with Crippen molar-refractivity contribution in [2.45, 2.75) is 40.0 Å². The Kier molecular flexibility index (Phi) is 7.15. The van der Waals surface area contributed by atoms with Gasteiger partial charge in [-0.15, -0.1) is 0 Å². The summed E-state index contributed by atoms with van der Waals surface area (Å²) < 4.78 is 34.5. The van der Waals surface area contributed by atoms with Crippen molar-refractivity contribution in [3.8, 4) is 0 Å². The summed E-state index contributed by atoms with van der Waals surface area (Å²) in [5.74, 6) is -1.85. The standard InChI is InChI=1S/C12H23NO6S/c1-4-9(10(13)14)8-12(2,3)11(15)19-6-5-7-20(16,17)18/h9H,4-8H2,1-3H3,(H2,13,14)(H,16,17,18).